The van der Waals surface area contributed by atoms with Crippen LogP contribution in [0.15, 0.2) is 81.3 Å². The molecule has 1 aliphatic rings. The van der Waals surface area contributed by atoms with Gasteiger partial charge in [0, 0.05) is 22.9 Å². The van der Waals surface area contributed by atoms with Crippen LogP contribution in [0.4, 0.5) is 5.69 Å². The minimum atomic E-state index is -0.202. The van der Waals surface area contributed by atoms with E-state index >= 15 is 0 Å². The van der Waals surface area contributed by atoms with Gasteiger partial charge >= 0.3 is 0 Å². The molecule has 2 aromatic heterocycles. The molecule has 1 aliphatic heterocycles. The molecule has 142 valence electrons. The van der Waals surface area contributed by atoms with Crippen molar-refractivity contribution in [1.82, 2.24) is 10.2 Å². The maximum absolute atomic E-state index is 12.3. The van der Waals surface area contributed by atoms with Gasteiger partial charge in [-0.25, -0.2) is 0 Å². The molecule has 6 heteroatoms. The monoisotopic (exact) mass is 383 g/mol. The summed E-state index contributed by atoms with van der Waals surface area (Å²) in [5, 5.41) is 5.55. The molecule has 0 unspecified atom stereocenters. The number of fused-ring (bicyclic) bond motifs is 1. The molecule has 0 spiro atoms. The van der Waals surface area contributed by atoms with Crippen LogP contribution in [0.25, 0.3) is 22.9 Å². The summed E-state index contributed by atoms with van der Waals surface area (Å²) in [6, 6.07) is 17.6. The van der Waals surface area contributed by atoms with E-state index in [1.165, 1.54) is 0 Å². The first-order valence-electron chi connectivity index (χ1n) is 9.18. The maximum Gasteiger partial charge on any atom is 0.271 e. The first kappa shape index (κ1) is 17.1. The van der Waals surface area contributed by atoms with Crippen molar-refractivity contribution in [3.05, 3.63) is 94.2 Å². The Balaban J connectivity index is 1.46. The molecule has 0 bridgehead atoms. The van der Waals surface area contributed by atoms with Gasteiger partial charge in [-0.15, -0.1) is 0 Å². The number of aliphatic imine (C=N–C) groups is 1. The Kier molecular flexibility index (Phi) is 4.22. The topological polar surface area (TPSA) is 83.4 Å². The minimum Gasteiger partial charge on any atom is -0.489 e. The number of benzene rings is 2. The fourth-order valence-corrected chi connectivity index (χ4v) is 3.31. The Labute approximate surface area is 166 Å². The molecule has 0 saturated heterocycles. The third-order valence-electron chi connectivity index (χ3n) is 4.79. The lowest BCUT2D eigenvalue weighted by atomic mass is 10.0. The van der Waals surface area contributed by atoms with Gasteiger partial charge in [-0.2, -0.15) is 0 Å². The number of hydrogen-bond acceptors (Lipinski definition) is 4. The van der Waals surface area contributed by atoms with Crippen LogP contribution in [-0.4, -0.2) is 16.4 Å². The average molecular weight is 383 g/mol. The minimum absolute atomic E-state index is 0.202. The van der Waals surface area contributed by atoms with E-state index in [-0.39, 0.29) is 5.56 Å². The molecule has 4 aromatic rings. The molecule has 6 nitrogen and oxygen atoms in total. The van der Waals surface area contributed by atoms with E-state index < -0.39 is 0 Å². The van der Waals surface area contributed by atoms with Crippen molar-refractivity contribution >= 4 is 23.6 Å². The summed E-state index contributed by atoms with van der Waals surface area (Å²) in [7, 11) is 0. The Bertz CT molecular complexity index is 1260. The third-order valence-corrected chi connectivity index (χ3v) is 4.79. The van der Waals surface area contributed by atoms with Gasteiger partial charge in [0.2, 0.25) is 0 Å². The third kappa shape index (κ3) is 3.32. The zero-order chi connectivity index (χ0) is 19.6. The van der Waals surface area contributed by atoms with Gasteiger partial charge in [-0.1, -0.05) is 30.3 Å². The van der Waals surface area contributed by atoms with E-state index in [9.17, 15) is 4.79 Å². The maximum atomic E-state index is 12.3. The molecule has 0 atom stereocenters. The highest BCUT2D eigenvalue weighted by molar-refractivity contribution is 6.21. The molecule has 2 aromatic carbocycles. The number of aromatic amines is 2. The van der Waals surface area contributed by atoms with Gasteiger partial charge < -0.3 is 9.15 Å². The Morgan fingerprint density at radius 3 is 2.79 bits per heavy atom. The lowest BCUT2D eigenvalue weighted by Crippen LogP contribution is -2.02. The molecule has 3 heterocycles. The average Bonchev–Trinajstić information content (AvgIpc) is 3.49. The number of hydrogen-bond donors (Lipinski definition) is 2. The van der Waals surface area contributed by atoms with Crippen LogP contribution in [0.3, 0.4) is 0 Å². The predicted molar refractivity (Wildman–Crippen MR) is 112 cm³/mol. The van der Waals surface area contributed by atoms with Crippen molar-refractivity contribution < 1.29 is 9.15 Å². The SMILES string of the molecule is O=c1[nH][nH]c(-c2ccoc2)c1/C=C1\C=Nc2ccc(OCc3ccccc3)cc21. The van der Waals surface area contributed by atoms with Crippen LogP contribution in [0, 0.1) is 0 Å². The summed E-state index contributed by atoms with van der Waals surface area (Å²) in [6.45, 7) is 0.488. The van der Waals surface area contributed by atoms with Crippen molar-refractivity contribution in [2.24, 2.45) is 4.99 Å². The van der Waals surface area contributed by atoms with Crippen molar-refractivity contribution in [3.63, 3.8) is 0 Å². The summed E-state index contributed by atoms with van der Waals surface area (Å²) in [4.78, 5) is 16.8. The van der Waals surface area contributed by atoms with E-state index in [0.29, 0.717) is 17.9 Å². The van der Waals surface area contributed by atoms with Crippen molar-refractivity contribution in [2.75, 3.05) is 0 Å². The highest BCUT2D eigenvalue weighted by Gasteiger charge is 2.17. The van der Waals surface area contributed by atoms with E-state index in [0.717, 1.165) is 33.7 Å². The van der Waals surface area contributed by atoms with Crippen LogP contribution >= 0.6 is 0 Å². The van der Waals surface area contributed by atoms with Crippen LogP contribution in [0.2, 0.25) is 0 Å². The van der Waals surface area contributed by atoms with Gasteiger partial charge in [0.1, 0.15) is 12.4 Å². The fraction of sp³-hybridized carbons (Fsp3) is 0.0435. The highest BCUT2D eigenvalue weighted by atomic mass is 16.5. The van der Waals surface area contributed by atoms with Gasteiger partial charge in [0.15, 0.2) is 0 Å². The van der Waals surface area contributed by atoms with Crippen molar-refractivity contribution in [1.29, 1.82) is 0 Å². The number of rotatable bonds is 5. The van der Waals surface area contributed by atoms with Crippen molar-refractivity contribution in [3.8, 4) is 17.0 Å². The molecule has 0 radical (unpaired) electrons. The summed E-state index contributed by atoms with van der Waals surface area (Å²) in [5.74, 6) is 0.752. The zero-order valence-corrected chi connectivity index (χ0v) is 15.4. The predicted octanol–water partition coefficient (Wildman–Crippen LogP) is 4.80. The number of furan rings is 1. The van der Waals surface area contributed by atoms with Crippen LogP contribution in [-0.2, 0) is 6.61 Å². The Morgan fingerprint density at radius 1 is 1.07 bits per heavy atom. The largest absolute Gasteiger partial charge is 0.489 e. The number of nitrogens with zero attached hydrogens (tertiary/aromatic N) is 1. The molecule has 0 fully saturated rings. The van der Waals surface area contributed by atoms with Crippen LogP contribution in [0.5, 0.6) is 5.75 Å². The molecule has 5 rings (SSSR count). The zero-order valence-electron chi connectivity index (χ0n) is 15.4. The summed E-state index contributed by atoms with van der Waals surface area (Å²) in [5.41, 5.74) is 5.52. The second-order valence-electron chi connectivity index (χ2n) is 6.69. The van der Waals surface area contributed by atoms with Gasteiger partial charge in [-0.3, -0.25) is 20.0 Å². The molecular weight excluding hydrogens is 366 g/mol. The number of allylic oxidation sites excluding steroid dienone is 1. The standard InChI is InChI=1S/C23H17N3O3/c27-23-20(22(25-26-23)16-8-9-28-14-16)10-17-12-24-21-7-6-18(11-19(17)21)29-13-15-4-2-1-3-5-15/h1-12,14H,13H2,(H2,25,26,27)/b17-10+. The van der Waals surface area contributed by atoms with E-state index in [4.69, 9.17) is 9.15 Å². The molecular formula is C23H17N3O3. The smallest absolute Gasteiger partial charge is 0.271 e. The number of nitrogens with one attached hydrogen (secondary N) is 2. The van der Waals surface area contributed by atoms with Gasteiger partial charge in [0.05, 0.1) is 29.5 Å². The summed E-state index contributed by atoms with van der Waals surface area (Å²) in [6.07, 6.45) is 6.75. The lowest BCUT2D eigenvalue weighted by molar-refractivity contribution is 0.306. The molecule has 0 aliphatic carbocycles. The molecule has 0 saturated carbocycles. The summed E-state index contributed by atoms with van der Waals surface area (Å²) >= 11 is 0. The molecule has 0 amide bonds. The molecule has 2 N–H and O–H groups in total. The second kappa shape index (κ2) is 7.16. The Hall–Kier alpha value is -4.06. The fourth-order valence-electron chi connectivity index (χ4n) is 3.31. The number of H-pyrrole nitrogens is 2. The van der Waals surface area contributed by atoms with Gasteiger partial charge in [-0.05, 0) is 35.9 Å². The number of aromatic nitrogens is 2. The Morgan fingerprint density at radius 2 is 1.97 bits per heavy atom. The van der Waals surface area contributed by atoms with Crippen LogP contribution in [0.1, 0.15) is 16.7 Å². The highest BCUT2D eigenvalue weighted by Crippen LogP contribution is 2.36. The lowest BCUT2D eigenvalue weighted by Gasteiger charge is -2.08. The molecule has 29 heavy (non-hydrogen) atoms. The van der Waals surface area contributed by atoms with Crippen LogP contribution < -0.4 is 10.3 Å². The van der Waals surface area contributed by atoms with E-state index in [1.807, 2.05) is 54.6 Å². The quantitative estimate of drug-likeness (QED) is 0.519. The van der Waals surface area contributed by atoms with Gasteiger partial charge in [0.25, 0.3) is 5.56 Å². The normalized spacial score (nSPS) is 13.7. The van der Waals surface area contributed by atoms with E-state index in [2.05, 4.69) is 15.2 Å². The van der Waals surface area contributed by atoms with Crippen molar-refractivity contribution in [2.45, 2.75) is 6.61 Å². The number of ether oxygens (including phenoxy) is 1. The summed E-state index contributed by atoms with van der Waals surface area (Å²) < 4.78 is 11.1. The first-order chi connectivity index (χ1) is 14.3. The first-order valence-corrected chi connectivity index (χ1v) is 9.18. The second-order valence-corrected chi connectivity index (χ2v) is 6.69. The van der Waals surface area contributed by atoms with E-state index in [1.54, 1.807) is 24.8 Å².